The fraction of sp³-hybridized carbons (Fsp3) is 0.167. The van der Waals surface area contributed by atoms with Crippen molar-refractivity contribution in [2.75, 3.05) is 7.11 Å². The van der Waals surface area contributed by atoms with Gasteiger partial charge in [0.1, 0.15) is 5.75 Å². The topological polar surface area (TPSA) is 29.5 Å². The lowest BCUT2D eigenvalue weighted by Gasteiger charge is -2.23. The van der Waals surface area contributed by atoms with Crippen LogP contribution >= 0.6 is 0 Å². The van der Waals surface area contributed by atoms with E-state index in [-0.39, 0.29) is 5.92 Å². The van der Waals surface area contributed by atoms with Crippen LogP contribution in [0.25, 0.3) is 6.08 Å². The highest BCUT2D eigenvalue weighted by Crippen LogP contribution is 2.35. The van der Waals surface area contributed by atoms with Gasteiger partial charge >= 0.3 is 0 Å². The standard InChI is InChI=1S/C24H24O2/c1-26-22-16-9-15-21(18-22)24(25)23(20-13-6-3-7-14-20)17-8-12-19-10-4-2-5-11-19/h2-16,18,23-25H,17H2,1H3/b12-8+. The predicted molar refractivity (Wildman–Crippen MR) is 107 cm³/mol. The Balaban J connectivity index is 1.84. The van der Waals surface area contributed by atoms with Crippen LogP contribution in [0.2, 0.25) is 0 Å². The molecule has 2 nitrogen and oxygen atoms in total. The van der Waals surface area contributed by atoms with Crippen LogP contribution in [0, 0.1) is 0 Å². The van der Waals surface area contributed by atoms with Gasteiger partial charge in [-0.15, -0.1) is 0 Å². The van der Waals surface area contributed by atoms with E-state index in [4.69, 9.17) is 4.74 Å². The number of allylic oxidation sites excluding steroid dienone is 1. The van der Waals surface area contributed by atoms with Gasteiger partial charge in [0.25, 0.3) is 0 Å². The van der Waals surface area contributed by atoms with Crippen LogP contribution in [-0.2, 0) is 0 Å². The number of rotatable bonds is 7. The first-order valence-electron chi connectivity index (χ1n) is 8.86. The van der Waals surface area contributed by atoms with E-state index < -0.39 is 6.10 Å². The molecule has 3 aromatic rings. The molecule has 1 N–H and O–H groups in total. The third kappa shape index (κ3) is 4.62. The number of aliphatic hydroxyl groups is 1. The molecule has 0 aliphatic rings. The van der Waals surface area contributed by atoms with Crippen LogP contribution in [0.1, 0.15) is 35.1 Å². The van der Waals surface area contributed by atoms with Gasteiger partial charge in [-0.3, -0.25) is 0 Å². The predicted octanol–water partition coefficient (Wildman–Crippen LogP) is 5.62. The molecule has 0 aliphatic carbocycles. The first kappa shape index (κ1) is 18.0. The van der Waals surface area contributed by atoms with E-state index in [1.54, 1.807) is 7.11 Å². The Hall–Kier alpha value is -2.84. The van der Waals surface area contributed by atoms with E-state index in [0.29, 0.717) is 0 Å². The molecule has 0 saturated heterocycles. The average molecular weight is 344 g/mol. The molecule has 0 aliphatic heterocycles. The first-order valence-corrected chi connectivity index (χ1v) is 8.86. The molecule has 0 bridgehead atoms. The zero-order valence-corrected chi connectivity index (χ0v) is 15.0. The van der Waals surface area contributed by atoms with Crippen LogP contribution in [0.4, 0.5) is 0 Å². The molecule has 2 atom stereocenters. The molecule has 3 rings (SSSR count). The zero-order valence-electron chi connectivity index (χ0n) is 15.0. The van der Waals surface area contributed by atoms with Crippen LogP contribution in [0.5, 0.6) is 5.75 Å². The van der Waals surface area contributed by atoms with Gasteiger partial charge in [0, 0.05) is 5.92 Å². The molecule has 0 radical (unpaired) electrons. The first-order chi connectivity index (χ1) is 12.8. The van der Waals surface area contributed by atoms with Crippen LogP contribution in [0.15, 0.2) is 91.0 Å². The van der Waals surface area contributed by atoms with Crippen molar-refractivity contribution in [3.8, 4) is 5.75 Å². The monoisotopic (exact) mass is 344 g/mol. The lowest BCUT2D eigenvalue weighted by molar-refractivity contribution is 0.145. The molecule has 132 valence electrons. The minimum atomic E-state index is -0.604. The molecule has 0 fully saturated rings. The lowest BCUT2D eigenvalue weighted by Crippen LogP contribution is -2.10. The second kappa shape index (κ2) is 9.02. The molecule has 2 heteroatoms. The summed E-state index contributed by atoms with van der Waals surface area (Å²) in [5.74, 6) is 0.733. The average Bonchev–Trinajstić information content (AvgIpc) is 2.72. The maximum Gasteiger partial charge on any atom is 0.119 e. The lowest BCUT2D eigenvalue weighted by atomic mass is 9.86. The molecule has 0 spiro atoms. The highest BCUT2D eigenvalue weighted by Gasteiger charge is 2.22. The third-order valence-electron chi connectivity index (χ3n) is 4.54. The van der Waals surface area contributed by atoms with E-state index in [9.17, 15) is 5.11 Å². The molecular weight excluding hydrogens is 320 g/mol. The molecular formula is C24H24O2. The van der Waals surface area contributed by atoms with Crippen LogP contribution in [-0.4, -0.2) is 12.2 Å². The van der Waals surface area contributed by atoms with Crippen molar-refractivity contribution in [3.05, 3.63) is 108 Å². The van der Waals surface area contributed by atoms with E-state index in [1.807, 2.05) is 60.7 Å². The summed E-state index contributed by atoms with van der Waals surface area (Å²) in [6, 6.07) is 28.1. The van der Waals surface area contributed by atoms with Gasteiger partial charge in [-0.05, 0) is 35.2 Å². The Kier molecular flexibility index (Phi) is 6.24. The smallest absolute Gasteiger partial charge is 0.119 e. The maximum atomic E-state index is 11.1. The van der Waals surface area contributed by atoms with Gasteiger partial charge < -0.3 is 9.84 Å². The summed E-state index contributed by atoms with van der Waals surface area (Å²) in [5.41, 5.74) is 3.15. The van der Waals surface area contributed by atoms with Gasteiger partial charge in [-0.25, -0.2) is 0 Å². The quantitative estimate of drug-likeness (QED) is 0.603. The largest absolute Gasteiger partial charge is 0.497 e. The molecule has 0 saturated carbocycles. The van der Waals surface area contributed by atoms with Gasteiger partial charge in [-0.2, -0.15) is 0 Å². The Morgan fingerprint density at radius 1 is 0.846 bits per heavy atom. The van der Waals surface area contributed by atoms with Gasteiger partial charge in [0.15, 0.2) is 0 Å². The molecule has 2 unspecified atom stereocenters. The molecule has 0 aromatic heterocycles. The van der Waals surface area contributed by atoms with E-state index in [1.165, 1.54) is 0 Å². The van der Waals surface area contributed by atoms with E-state index in [2.05, 4.69) is 36.4 Å². The Morgan fingerprint density at radius 3 is 2.19 bits per heavy atom. The van der Waals surface area contributed by atoms with Crippen molar-refractivity contribution in [2.45, 2.75) is 18.4 Å². The summed E-state index contributed by atoms with van der Waals surface area (Å²) in [6.07, 6.45) is 4.38. The Labute approximate surface area is 155 Å². The minimum Gasteiger partial charge on any atom is -0.497 e. The minimum absolute atomic E-state index is 0.0248. The van der Waals surface area contributed by atoms with Crippen LogP contribution < -0.4 is 4.74 Å². The van der Waals surface area contributed by atoms with Crippen molar-refractivity contribution in [1.29, 1.82) is 0 Å². The Bertz CT molecular complexity index is 825. The van der Waals surface area contributed by atoms with E-state index >= 15 is 0 Å². The molecule has 26 heavy (non-hydrogen) atoms. The van der Waals surface area contributed by atoms with Crippen LogP contribution in [0.3, 0.4) is 0 Å². The van der Waals surface area contributed by atoms with Crippen molar-refractivity contribution in [2.24, 2.45) is 0 Å². The van der Waals surface area contributed by atoms with Crippen molar-refractivity contribution < 1.29 is 9.84 Å². The van der Waals surface area contributed by atoms with Gasteiger partial charge in [0.2, 0.25) is 0 Å². The number of hydrogen-bond donors (Lipinski definition) is 1. The van der Waals surface area contributed by atoms with Crippen molar-refractivity contribution >= 4 is 6.08 Å². The summed E-state index contributed by atoms with van der Waals surface area (Å²) >= 11 is 0. The normalized spacial score (nSPS) is 13.5. The Morgan fingerprint density at radius 2 is 1.50 bits per heavy atom. The molecule has 0 heterocycles. The zero-order chi connectivity index (χ0) is 18.2. The summed E-state index contributed by atoms with van der Waals surface area (Å²) < 4.78 is 5.30. The number of methoxy groups -OCH3 is 1. The third-order valence-corrected chi connectivity index (χ3v) is 4.54. The summed E-state index contributed by atoms with van der Waals surface area (Å²) in [6.45, 7) is 0. The summed E-state index contributed by atoms with van der Waals surface area (Å²) in [5, 5.41) is 11.1. The molecule has 0 amide bonds. The van der Waals surface area contributed by atoms with Gasteiger partial charge in [0.05, 0.1) is 13.2 Å². The fourth-order valence-electron chi connectivity index (χ4n) is 3.12. The highest BCUT2D eigenvalue weighted by molar-refractivity contribution is 5.49. The number of benzene rings is 3. The van der Waals surface area contributed by atoms with Gasteiger partial charge in [-0.1, -0.05) is 84.9 Å². The fourth-order valence-corrected chi connectivity index (χ4v) is 3.12. The number of aliphatic hydroxyl groups excluding tert-OH is 1. The second-order valence-electron chi connectivity index (χ2n) is 6.29. The summed E-state index contributed by atoms with van der Waals surface area (Å²) in [7, 11) is 1.64. The maximum absolute atomic E-state index is 11.1. The highest BCUT2D eigenvalue weighted by atomic mass is 16.5. The molecule has 3 aromatic carbocycles. The summed E-state index contributed by atoms with van der Waals surface area (Å²) in [4.78, 5) is 0. The van der Waals surface area contributed by atoms with E-state index in [0.717, 1.165) is 28.9 Å². The number of ether oxygens (including phenoxy) is 1. The van der Waals surface area contributed by atoms with Crippen molar-refractivity contribution in [3.63, 3.8) is 0 Å². The number of hydrogen-bond acceptors (Lipinski definition) is 2. The van der Waals surface area contributed by atoms with Crippen molar-refractivity contribution in [1.82, 2.24) is 0 Å². The SMILES string of the molecule is COc1cccc(C(O)C(C/C=C/c2ccccc2)c2ccccc2)c1. The second-order valence-corrected chi connectivity index (χ2v) is 6.29.